The summed E-state index contributed by atoms with van der Waals surface area (Å²) < 4.78 is 0. The standard InChI is InChI=1S/C11H21N3O2/c1-8(2)14(9(3)15)7-6-12-11(16)13-10-4-5-10/h8,10H,4-7H2,1-3H3,(H2,12,13,16). The van der Waals surface area contributed by atoms with Gasteiger partial charge in [-0.25, -0.2) is 4.79 Å². The van der Waals surface area contributed by atoms with Crippen molar-refractivity contribution in [3.05, 3.63) is 0 Å². The van der Waals surface area contributed by atoms with Gasteiger partial charge in [-0.3, -0.25) is 4.79 Å². The summed E-state index contributed by atoms with van der Waals surface area (Å²) in [5.41, 5.74) is 0. The van der Waals surface area contributed by atoms with Crippen molar-refractivity contribution < 1.29 is 9.59 Å². The number of hydrogen-bond donors (Lipinski definition) is 2. The van der Waals surface area contributed by atoms with Gasteiger partial charge in [0.15, 0.2) is 0 Å². The zero-order valence-corrected chi connectivity index (χ0v) is 10.2. The van der Waals surface area contributed by atoms with Crippen LogP contribution in [0.25, 0.3) is 0 Å². The van der Waals surface area contributed by atoms with Crippen LogP contribution in [-0.4, -0.2) is 42.0 Å². The van der Waals surface area contributed by atoms with Crippen molar-refractivity contribution in [2.45, 2.75) is 45.7 Å². The molecule has 92 valence electrons. The van der Waals surface area contributed by atoms with E-state index in [-0.39, 0.29) is 18.0 Å². The maximum absolute atomic E-state index is 11.3. The lowest BCUT2D eigenvalue weighted by Crippen LogP contribution is -2.44. The Labute approximate surface area is 96.6 Å². The predicted octanol–water partition coefficient (Wildman–Crippen LogP) is 0.705. The van der Waals surface area contributed by atoms with E-state index in [9.17, 15) is 9.59 Å². The van der Waals surface area contributed by atoms with Crippen LogP contribution in [0.3, 0.4) is 0 Å². The van der Waals surface area contributed by atoms with Crippen molar-refractivity contribution in [1.82, 2.24) is 15.5 Å². The zero-order valence-electron chi connectivity index (χ0n) is 10.2. The average Bonchev–Trinajstić information content (AvgIpc) is 2.94. The second kappa shape index (κ2) is 5.72. The van der Waals surface area contributed by atoms with Gasteiger partial charge in [0.2, 0.25) is 5.91 Å². The fraction of sp³-hybridized carbons (Fsp3) is 0.818. The number of carbonyl (C=O) groups is 2. The maximum Gasteiger partial charge on any atom is 0.315 e. The molecule has 1 aliphatic carbocycles. The van der Waals surface area contributed by atoms with Gasteiger partial charge in [-0.15, -0.1) is 0 Å². The third kappa shape index (κ3) is 4.51. The van der Waals surface area contributed by atoms with E-state index in [1.54, 1.807) is 11.8 Å². The van der Waals surface area contributed by atoms with Gasteiger partial charge in [0.1, 0.15) is 0 Å². The molecule has 0 unspecified atom stereocenters. The number of nitrogens with zero attached hydrogens (tertiary/aromatic N) is 1. The van der Waals surface area contributed by atoms with Crippen LogP contribution >= 0.6 is 0 Å². The smallest absolute Gasteiger partial charge is 0.315 e. The minimum atomic E-state index is -0.130. The van der Waals surface area contributed by atoms with Crippen LogP contribution in [0.4, 0.5) is 4.79 Å². The Morgan fingerprint density at radius 2 is 2.00 bits per heavy atom. The second-order valence-electron chi connectivity index (χ2n) is 4.48. The monoisotopic (exact) mass is 227 g/mol. The summed E-state index contributed by atoms with van der Waals surface area (Å²) in [5, 5.41) is 5.58. The molecule has 1 fully saturated rings. The Morgan fingerprint density at radius 1 is 1.38 bits per heavy atom. The summed E-state index contributed by atoms with van der Waals surface area (Å²) >= 11 is 0. The molecule has 1 saturated carbocycles. The van der Waals surface area contributed by atoms with Gasteiger partial charge >= 0.3 is 6.03 Å². The number of urea groups is 1. The summed E-state index contributed by atoms with van der Waals surface area (Å²) in [6.07, 6.45) is 2.16. The highest BCUT2D eigenvalue weighted by atomic mass is 16.2. The Kier molecular flexibility index (Phi) is 4.58. The third-order valence-corrected chi connectivity index (χ3v) is 2.58. The van der Waals surface area contributed by atoms with Crippen LogP contribution < -0.4 is 10.6 Å². The largest absolute Gasteiger partial charge is 0.339 e. The molecule has 0 atom stereocenters. The fourth-order valence-corrected chi connectivity index (χ4v) is 1.53. The zero-order chi connectivity index (χ0) is 12.1. The van der Waals surface area contributed by atoms with Crippen molar-refractivity contribution >= 4 is 11.9 Å². The number of nitrogens with one attached hydrogen (secondary N) is 2. The van der Waals surface area contributed by atoms with Crippen LogP contribution in [0.1, 0.15) is 33.6 Å². The molecule has 0 aromatic rings. The van der Waals surface area contributed by atoms with E-state index in [0.29, 0.717) is 19.1 Å². The first-order valence-corrected chi connectivity index (χ1v) is 5.82. The molecule has 0 radical (unpaired) electrons. The molecule has 2 N–H and O–H groups in total. The van der Waals surface area contributed by atoms with E-state index in [4.69, 9.17) is 0 Å². The Hall–Kier alpha value is -1.26. The van der Waals surface area contributed by atoms with Crippen molar-refractivity contribution in [2.24, 2.45) is 0 Å². The van der Waals surface area contributed by atoms with Crippen LogP contribution in [0.5, 0.6) is 0 Å². The van der Waals surface area contributed by atoms with Crippen molar-refractivity contribution in [3.8, 4) is 0 Å². The van der Waals surface area contributed by atoms with Gasteiger partial charge in [0.25, 0.3) is 0 Å². The first kappa shape index (κ1) is 12.8. The lowest BCUT2D eigenvalue weighted by molar-refractivity contribution is -0.130. The van der Waals surface area contributed by atoms with E-state index in [2.05, 4.69) is 10.6 Å². The molecule has 1 aliphatic rings. The quantitative estimate of drug-likeness (QED) is 0.726. The Bertz CT molecular complexity index is 262. The van der Waals surface area contributed by atoms with Gasteiger partial charge in [-0.1, -0.05) is 0 Å². The average molecular weight is 227 g/mol. The van der Waals surface area contributed by atoms with Gasteiger partial charge in [0, 0.05) is 32.1 Å². The molecule has 16 heavy (non-hydrogen) atoms. The predicted molar refractivity (Wildman–Crippen MR) is 62.1 cm³/mol. The van der Waals surface area contributed by atoms with Crippen LogP contribution in [0, 0.1) is 0 Å². The minimum Gasteiger partial charge on any atom is -0.339 e. The lowest BCUT2D eigenvalue weighted by atomic mass is 10.3. The normalized spacial score (nSPS) is 14.8. The lowest BCUT2D eigenvalue weighted by Gasteiger charge is -2.25. The van der Waals surface area contributed by atoms with E-state index in [0.717, 1.165) is 12.8 Å². The van der Waals surface area contributed by atoms with E-state index < -0.39 is 0 Å². The summed E-state index contributed by atoms with van der Waals surface area (Å²) in [5.74, 6) is 0.0411. The minimum absolute atomic E-state index is 0.0411. The number of carbonyl (C=O) groups excluding carboxylic acids is 2. The van der Waals surface area contributed by atoms with E-state index >= 15 is 0 Å². The molecule has 0 aliphatic heterocycles. The van der Waals surface area contributed by atoms with Gasteiger partial charge in [-0.2, -0.15) is 0 Å². The van der Waals surface area contributed by atoms with Crippen LogP contribution in [0.15, 0.2) is 0 Å². The van der Waals surface area contributed by atoms with Crippen LogP contribution in [-0.2, 0) is 4.79 Å². The topological polar surface area (TPSA) is 61.4 Å². The summed E-state index contributed by atoms with van der Waals surface area (Å²) in [7, 11) is 0. The Morgan fingerprint density at radius 3 is 2.44 bits per heavy atom. The van der Waals surface area contributed by atoms with Crippen molar-refractivity contribution in [2.75, 3.05) is 13.1 Å². The molecule has 0 aromatic carbocycles. The SMILES string of the molecule is CC(=O)N(CCNC(=O)NC1CC1)C(C)C. The van der Waals surface area contributed by atoms with E-state index in [1.165, 1.54) is 0 Å². The maximum atomic E-state index is 11.3. The molecule has 3 amide bonds. The summed E-state index contributed by atoms with van der Waals surface area (Å²) in [6, 6.07) is 0.412. The molecule has 0 bridgehead atoms. The van der Waals surface area contributed by atoms with Crippen LogP contribution in [0.2, 0.25) is 0 Å². The molecule has 0 heterocycles. The van der Waals surface area contributed by atoms with E-state index in [1.807, 2.05) is 13.8 Å². The molecule has 0 spiro atoms. The molecule has 0 saturated heterocycles. The number of rotatable bonds is 5. The third-order valence-electron chi connectivity index (χ3n) is 2.58. The first-order chi connectivity index (χ1) is 7.50. The Balaban J connectivity index is 2.16. The molecule has 5 nitrogen and oxygen atoms in total. The van der Waals surface area contributed by atoms with Gasteiger partial charge < -0.3 is 15.5 Å². The molecular formula is C11H21N3O2. The highest BCUT2D eigenvalue weighted by molar-refractivity contribution is 5.75. The molecule has 5 heteroatoms. The van der Waals surface area contributed by atoms with Gasteiger partial charge in [0.05, 0.1) is 0 Å². The van der Waals surface area contributed by atoms with Crippen molar-refractivity contribution in [1.29, 1.82) is 0 Å². The first-order valence-electron chi connectivity index (χ1n) is 5.82. The molecule has 0 aromatic heterocycles. The number of hydrogen-bond acceptors (Lipinski definition) is 2. The van der Waals surface area contributed by atoms with Gasteiger partial charge in [-0.05, 0) is 26.7 Å². The highest BCUT2D eigenvalue weighted by Crippen LogP contribution is 2.18. The fourth-order valence-electron chi connectivity index (χ4n) is 1.53. The molecule has 1 rings (SSSR count). The van der Waals surface area contributed by atoms with Crippen molar-refractivity contribution in [3.63, 3.8) is 0 Å². The number of amides is 3. The highest BCUT2D eigenvalue weighted by Gasteiger charge is 2.23. The summed E-state index contributed by atoms with van der Waals surface area (Å²) in [4.78, 5) is 24.3. The molecular weight excluding hydrogens is 206 g/mol. The second-order valence-corrected chi connectivity index (χ2v) is 4.48. The summed E-state index contributed by atoms with van der Waals surface area (Å²) in [6.45, 7) is 6.53.